The fourth-order valence-electron chi connectivity index (χ4n) is 2.40. The van der Waals surface area contributed by atoms with Gasteiger partial charge in [0.15, 0.2) is 0 Å². The number of hydrogen-bond acceptors (Lipinski definition) is 4. The molecule has 0 aliphatic rings. The molecule has 0 heterocycles. The molecule has 8 heteroatoms. The summed E-state index contributed by atoms with van der Waals surface area (Å²) in [6.45, 7) is 3.97. The van der Waals surface area contributed by atoms with Crippen molar-refractivity contribution in [3.8, 4) is 0 Å². The molecule has 0 radical (unpaired) electrons. The van der Waals surface area contributed by atoms with Crippen molar-refractivity contribution in [2.75, 3.05) is 0 Å². The summed E-state index contributed by atoms with van der Waals surface area (Å²) in [7, 11) is -3.87. The van der Waals surface area contributed by atoms with E-state index in [1.165, 1.54) is 18.6 Å². The molecule has 6 nitrogen and oxygen atoms in total. The molecule has 0 aliphatic carbocycles. The van der Waals surface area contributed by atoms with Crippen molar-refractivity contribution in [1.29, 1.82) is 0 Å². The molecule has 0 fully saturated rings. The Kier molecular flexibility index (Phi) is 10.9. The number of aliphatic carboxylic acids is 1. The number of aryl methyl sites for hydroxylation is 1. The predicted octanol–water partition coefficient (Wildman–Crippen LogP) is 3.67. The predicted molar refractivity (Wildman–Crippen MR) is 116 cm³/mol. The van der Waals surface area contributed by atoms with Gasteiger partial charge in [-0.05, 0) is 37.5 Å². The Bertz CT molecular complexity index is 841. The number of benzene rings is 2. The summed E-state index contributed by atoms with van der Waals surface area (Å²) in [4.78, 5) is 11.4. The average Bonchev–Trinajstić information content (AvgIpc) is 2.67. The fraction of sp³-hybridized carbons (Fsp3) is 0.381. The van der Waals surface area contributed by atoms with Crippen LogP contribution >= 0.6 is 11.6 Å². The Hall–Kier alpha value is -1.93. The van der Waals surface area contributed by atoms with Crippen LogP contribution in [0.2, 0.25) is 0 Å². The second-order valence-electron chi connectivity index (χ2n) is 6.67. The van der Waals surface area contributed by atoms with Crippen molar-refractivity contribution >= 4 is 27.6 Å². The van der Waals surface area contributed by atoms with Crippen LogP contribution in [0.15, 0.2) is 59.5 Å². The molecule has 2 aromatic rings. The maximum absolute atomic E-state index is 12.3. The molecule has 0 saturated carbocycles. The summed E-state index contributed by atoms with van der Waals surface area (Å²) in [6.07, 6.45) is 3.35. The van der Waals surface area contributed by atoms with Crippen LogP contribution in [0.5, 0.6) is 0 Å². The van der Waals surface area contributed by atoms with Gasteiger partial charge in [0.2, 0.25) is 10.0 Å². The van der Waals surface area contributed by atoms with Crippen LogP contribution in [-0.2, 0) is 21.2 Å². The summed E-state index contributed by atoms with van der Waals surface area (Å²) in [5.74, 6) is -1.21. The topological polar surface area (TPSA) is 109 Å². The minimum atomic E-state index is -3.87. The number of unbranched alkanes of at least 4 members (excludes halogenated alkanes) is 1. The van der Waals surface area contributed by atoms with Crippen LogP contribution in [0.3, 0.4) is 0 Å². The van der Waals surface area contributed by atoms with E-state index >= 15 is 0 Å². The van der Waals surface area contributed by atoms with Gasteiger partial charge in [0, 0.05) is 0 Å². The van der Waals surface area contributed by atoms with Crippen LogP contribution in [0.4, 0.5) is 0 Å². The molecule has 0 spiro atoms. The average molecular weight is 441 g/mol. The molecule has 2 aromatic carbocycles. The highest BCUT2D eigenvalue weighted by Gasteiger charge is 2.25. The van der Waals surface area contributed by atoms with E-state index < -0.39 is 22.0 Å². The standard InChI is InChI=1S/C16H17NO4S.C5H12ClN/c1-12-7-9-14(10-8-12)22(20,21)17-15(16(18)19)11-13-5-3-2-4-6-13;1-2-3-4-5(6)7/h2-10,15,17H,11H2,1H3,(H,18,19);5H,2-4,7H2,1H3. The first-order valence-corrected chi connectivity index (χ1v) is 11.3. The van der Waals surface area contributed by atoms with Gasteiger partial charge in [0.1, 0.15) is 6.04 Å². The number of carboxylic acid groups (broad SMARTS) is 1. The number of alkyl halides is 1. The number of halogens is 1. The molecule has 0 aromatic heterocycles. The maximum Gasteiger partial charge on any atom is 0.322 e. The highest BCUT2D eigenvalue weighted by Crippen LogP contribution is 2.12. The largest absolute Gasteiger partial charge is 0.480 e. The monoisotopic (exact) mass is 440 g/mol. The van der Waals surface area contributed by atoms with Gasteiger partial charge in [-0.25, -0.2) is 8.42 Å². The van der Waals surface area contributed by atoms with Gasteiger partial charge in [-0.2, -0.15) is 4.72 Å². The Morgan fingerprint density at radius 2 is 1.72 bits per heavy atom. The van der Waals surface area contributed by atoms with E-state index in [1.54, 1.807) is 36.4 Å². The number of sulfonamides is 1. The van der Waals surface area contributed by atoms with Crippen molar-refractivity contribution in [3.63, 3.8) is 0 Å². The van der Waals surface area contributed by atoms with Crippen molar-refractivity contribution < 1.29 is 18.3 Å². The first kappa shape index (κ1) is 25.1. The van der Waals surface area contributed by atoms with Crippen molar-refractivity contribution in [2.24, 2.45) is 5.73 Å². The molecule has 2 unspecified atom stereocenters. The number of rotatable bonds is 9. The zero-order chi connectivity index (χ0) is 21.9. The quantitative estimate of drug-likeness (QED) is 0.407. The first-order chi connectivity index (χ1) is 13.7. The second-order valence-corrected chi connectivity index (χ2v) is 8.95. The third kappa shape index (κ3) is 9.89. The smallest absolute Gasteiger partial charge is 0.322 e. The number of carboxylic acids is 1. The summed E-state index contributed by atoms with van der Waals surface area (Å²) < 4.78 is 26.8. The van der Waals surface area contributed by atoms with Gasteiger partial charge in [-0.3, -0.25) is 4.79 Å². The Labute approximate surface area is 178 Å². The lowest BCUT2D eigenvalue weighted by Crippen LogP contribution is -2.42. The SMILES string of the molecule is CCCCC(N)Cl.Cc1ccc(S(=O)(=O)NC(Cc2ccccc2)C(=O)O)cc1. The van der Waals surface area contributed by atoms with E-state index in [0.717, 1.165) is 24.0 Å². The zero-order valence-corrected chi connectivity index (χ0v) is 18.3. The van der Waals surface area contributed by atoms with Gasteiger partial charge >= 0.3 is 5.97 Å². The Balaban J connectivity index is 0.000000516. The number of carbonyl (C=O) groups is 1. The van der Waals surface area contributed by atoms with E-state index in [4.69, 9.17) is 17.3 Å². The Morgan fingerprint density at radius 3 is 2.17 bits per heavy atom. The van der Waals surface area contributed by atoms with Crippen LogP contribution in [0.1, 0.15) is 37.3 Å². The number of hydrogen-bond donors (Lipinski definition) is 3. The molecule has 0 saturated heterocycles. The van der Waals surface area contributed by atoms with Gasteiger partial charge in [0.05, 0.1) is 10.4 Å². The molecule has 0 amide bonds. The minimum absolute atomic E-state index is 0.0532. The first-order valence-electron chi connectivity index (χ1n) is 9.41. The normalized spacial score (nSPS) is 13.1. The fourth-order valence-corrected chi connectivity index (χ4v) is 3.74. The van der Waals surface area contributed by atoms with Gasteiger partial charge in [0.25, 0.3) is 0 Å². The van der Waals surface area contributed by atoms with Crippen LogP contribution in [0, 0.1) is 6.92 Å². The van der Waals surface area contributed by atoms with Crippen molar-refractivity contribution in [1.82, 2.24) is 4.72 Å². The molecule has 4 N–H and O–H groups in total. The lowest BCUT2D eigenvalue weighted by atomic mass is 10.1. The maximum atomic E-state index is 12.3. The number of nitrogens with two attached hydrogens (primary N) is 1. The summed E-state index contributed by atoms with van der Waals surface area (Å²) in [5.41, 5.74) is 6.80. The lowest BCUT2D eigenvalue weighted by molar-refractivity contribution is -0.138. The van der Waals surface area contributed by atoms with Crippen LogP contribution < -0.4 is 10.5 Å². The molecular formula is C21H29ClN2O4S. The van der Waals surface area contributed by atoms with Crippen molar-refractivity contribution in [3.05, 3.63) is 65.7 Å². The van der Waals surface area contributed by atoms with E-state index in [-0.39, 0.29) is 16.8 Å². The van der Waals surface area contributed by atoms with Gasteiger partial charge in [-0.15, -0.1) is 11.6 Å². The minimum Gasteiger partial charge on any atom is -0.480 e. The molecule has 29 heavy (non-hydrogen) atoms. The van der Waals surface area contributed by atoms with E-state index in [9.17, 15) is 18.3 Å². The molecule has 2 rings (SSSR count). The lowest BCUT2D eigenvalue weighted by Gasteiger charge is -2.15. The molecule has 160 valence electrons. The summed E-state index contributed by atoms with van der Waals surface area (Å²) >= 11 is 5.43. The zero-order valence-electron chi connectivity index (χ0n) is 16.7. The third-order valence-electron chi connectivity index (χ3n) is 4.04. The van der Waals surface area contributed by atoms with E-state index in [0.29, 0.717) is 0 Å². The van der Waals surface area contributed by atoms with Crippen LogP contribution in [0.25, 0.3) is 0 Å². The van der Waals surface area contributed by atoms with Gasteiger partial charge in [-0.1, -0.05) is 67.8 Å². The molecule has 2 atom stereocenters. The third-order valence-corrected chi connectivity index (χ3v) is 5.75. The van der Waals surface area contributed by atoms with E-state index in [1.807, 2.05) is 13.0 Å². The molecular weight excluding hydrogens is 412 g/mol. The highest BCUT2D eigenvalue weighted by atomic mass is 35.5. The van der Waals surface area contributed by atoms with Crippen molar-refractivity contribution in [2.45, 2.75) is 56.0 Å². The highest BCUT2D eigenvalue weighted by molar-refractivity contribution is 7.89. The molecule has 0 bridgehead atoms. The van der Waals surface area contributed by atoms with Crippen LogP contribution in [-0.4, -0.2) is 31.0 Å². The van der Waals surface area contributed by atoms with E-state index in [2.05, 4.69) is 11.6 Å². The van der Waals surface area contributed by atoms with Gasteiger partial charge < -0.3 is 10.8 Å². The summed E-state index contributed by atoms with van der Waals surface area (Å²) in [6, 6.07) is 13.9. The molecule has 0 aliphatic heterocycles. The number of nitrogens with one attached hydrogen (secondary N) is 1. The summed E-state index contributed by atoms with van der Waals surface area (Å²) in [5, 5.41) is 9.26. The second kappa shape index (κ2) is 12.6. The Morgan fingerprint density at radius 1 is 1.14 bits per heavy atom.